The molecule has 0 unspecified atom stereocenters. The monoisotopic (exact) mass is 431 g/mol. The first kappa shape index (κ1) is 21.8. The Bertz CT molecular complexity index is 873. The highest BCUT2D eigenvalue weighted by molar-refractivity contribution is 6.29. The number of ether oxygens (including phenoxy) is 1. The molecule has 1 aliphatic heterocycles. The number of hydrogen-bond donors (Lipinski definition) is 1. The third-order valence-electron chi connectivity index (χ3n) is 4.53. The van der Waals surface area contributed by atoms with Gasteiger partial charge in [0.05, 0.1) is 6.42 Å². The predicted octanol–water partition coefficient (Wildman–Crippen LogP) is 3.37. The Morgan fingerprint density at radius 3 is 2.27 bits per heavy atom. The molecule has 0 radical (unpaired) electrons. The summed E-state index contributed by atoms with van der Waals surface area (Å²) in [6, 6.07) is 10.8. The quantitative estimate of drug-likeness (QED) is 0.798. The minimum Gasteiger partial charge on any atom is -0.444 e. The number of carbonyl (C=O) groups is 2. The molecule has 0 atom stereocenters. The lowest BCUT2D eigenvalue weighted by molar-refractivity contribution is -0.130. The fourth-order valence-electron chi connectivity index (χ4n) is 3.08. The van der Waals surface area contributed by atoms with Crippen LogP contribution in [0.3, 0.4) is 0 Å². The second-order valence-corrected chi connectivity index (χ2v) is 8.47. The molecule has 160 valence electrons. The number of anilines is 2. The zero-order chi connectivity index (χ0) is 21.7. The fourth-order valence-corrected chi connectivity index (χ4v) is 3.18. The van der Waals surface area contributed by atoms with Crippen molar-refractivity contribution in [3.8, 4) is 0 Å². The van der Waals surface area contributed by atoms with E-state index in [0.717, 1.165) is 11.4 Å². The molecule has 3 rings (SSSR count). The van der Waals surface area contributed by atoms with Gasteiger partial charge in [0.15, 0.2) is 11.0 Å². The van der Waals surface area contributed by atoms with Crippen LogP contribution in [-0.4, -0.2) is 58.9 Å². The van der Waals surface area contributed by atoms with Gasteiger partial charge in [0.1, 0.15) is 5.60 Å². The third-order valence-corrected chi connectivity index (χ3v) is 4.73. The van der Waals surface area contributed by atoms with E-state index >= 15 is 0 Å². The Kier molecular flexibility index (Phi) is 6.77. The Morgan fingerprint density at radius 2 is 1.70 bits per heavy atom. The molecule has 8 nitrogen and oxygen atoms in total. The van der Waals surface area contributed by atoms with Crippen LogP contribution < -0.4 is 10.2 Å². The first-order valence-electron chi connectivity index (χ1n) is 9.80. The maximum absolute atomic E-state index is 12.6. The fraction of sp³-hybridized carbons (Fsp3) is 0.429. The average molecular weight is 432 g/mol. The molecular weight excluding hydrogens is 406 g/mol. The number of carbonyl (C=O) groups excluding carboxylic acids is 2. The molecule has 0 aliphatic carbocycles. The molecule has 2 amide bonds. The van der Waals surface area contributed by atoms with Gasteiger partial charge in [-0.3, -0.25) is 10.1 Å². The highest BCUT2D eigenvalue weighted by Gasteiger charge is 2.22. The van der Waals surface area contributed by atoms with Crippen LogP contribution in [0.5, 0.6) is 0 Å². The summed E-state index contributed by atoms with van der Waals surface area (Å²) in [6.45, 7) is 8.07. The number of hydrogen-bond acceptors (Lipinski definition) is 6. The first-order chi connectivity index (χ1) is 14.2. The molecule has 9 heteroatoms. The molecule has 0 saturated carbocycles. The number of piperazine rings is 1. The number of halogens is 1. The van der Waals surface area contributed by atoms with E-state index in [2.05, 4.69) is 20.4 Å². The predicted molar refractivity (Wildman–Crippen MR) is 116 cm³/mol. The van der Waals surface area contributed by atoms with Crippen molar-refractivity contribution in [3.63, 3.8) is 0 Å². The van der Waals surface area contributed by atoms with Gasteiger partial charge < -0.3 is 14.5 Å². The van der Waals surface area contributed by atoms with Crippen molar-refractivity contribution in [2.75, 3.05) is 36.4 Å². The molecule has 0 bridgehead atoms. The molecule has 0 spiro atoms. The summed E-state index contributed by atoms with van der Waals surface area (Å²) in [5, 5.41) is 11.0. The van der Waals surface area contributed by atoms with Crippen molar-refractivity contribution in [2.45, 2.75) is 32.8 Å². The standard InChI is InChI=1S/C21H26ClN5O3/c1-21(2,3)30-20(29)23-16-6-4-15(5-7-16)14-19(28)27-12-10-26(11-13-27)18-9-8-17(22)24-25-18/h4-9H,10-14H2,1-3H3,(H,23,29). The molecule has 1 aliphatic rings. The van der Waals surface area contributed by atoms with Crippen LogP contribution in [-0.2, 0) is 16.0 Å². The second kappa shape index (κ2) is 9.30. The van der Waals surface area contributed by atoms with Gasteiger partial charge in [0.25, 0.3) is 0 Å². The number of nitrogens with one attached hydrogen (secondary N) is 1. The smallest absolute Gasteiger partial charge is 0.412 e. The maximum Gasteiger partial charge on any atom is 0.412 e. The topological polar surface area (TPSA) is 87.7 Å². The van der Waals surface area contributed by atoms with E-state index in [1.807, 2.05) is 43.9 Å². The van der Waals surface area contributed by atoms with Crippen LogP contribution in [0.1, 0.15) is 26.3 Å². The summed E-state index contributed by atoms with van der Waals surface area (Å²) in [6.07, 6.45) is -0.192. The number of amides is 2. The van der Waals surface area contributed by atoms with E-state index in [-0.39, 0.29) is 5.91 Å². The average Bonchev–Trinajstić information content (AvgIpc) is 2.69. The number of rotatable bonds is 4. The lowest BCUT2D eigenvalue weighted by Crippen LogP contribution is -2.49. The zero-order valence-electron chi connectivity index (χ0n) is 17.4. The van der Waals surface area contributed by atoms with Gasteiger partial charge >= 0.3 is 6.09 Å². The van der Waals surface area contributed by atoms with E-state index in [1.54, 1.807) is 18.2 Å². The lowest BCUT2D eigenvalue weighted by atomic mass is 10.1. The molecule has 1 saturated heterocycles. The van der Waals surface area contributed by atoms with E-state index in [1.165, 1.54) is 0 Å². The van der Waals surface area contributed by atoms with Crippen LogP contribution in [0, 0.1) is 0 Å². The Hall–Kier alpha value is -2.87. The van der Waals surface area contributed by atoms with Crippen LogP contribution in [0.2, 0.25) is 5.15 Å². The number of aromatic nitrogens is 2. The molecule has 30 heavy (non-hydrogen) atoms. The van der Waals surface area contributed by atoms with Crippen molar-refractivity contribution < 1.29 is 14.3 Å². The third kappa shape index (κ3) is 6.32. The summed E-state index contributed by atoms with van der Waals surface area (Å²) in [5.41, 5.74) is 0.958. The molecule has 1 N–H and O–H groups in total. The zero-order valence-corrected chi connectivity index (χ0v) is 18.1. The second-order valence-electron chi connectivity index (χ2n) is 8.08. The molecule has 2 heterocycles. The molecule has 1 aromatic heterocycles. The summed E-state index contributed by atoms with van der Waals surface area (Å²) in [4.78, 5) is 28.4. The van der Waals surface area contributed by atoms with Gasteiger partial charge in [-0.05, 0) is 50.6 Å². The summed E-state index contributed by atoms with van der Waals surface area (Å²) >= 11 is 5.78. The highest BCUT2D eigenvalue weighted by Crippen LogP contribution is 2.16. The van der Waals surface area contributed by atoms with Crippen LogP contribution in [0.25, 0.3) is 0 Å². The van der Waals surface area contributed by atoms with Gasteiger partial charge in [-0.25, -0.2) is 4.79 Å². The minimum absolute atomic E-state index is 0.0738. The van der Waals surface area contributed by atoms with Gasteiger partial charge in [-0.1, -0.05) is 23.7 Å². The Morgan fingerprint density at radius 1 is 1.03 bits per heavy atom. The number of nitrogens with zero attached hydrogens (tertiary/aromatic N) is 4. The summed E-state index contributed by atoms with van der Waals surface area (Å²) < 4.78 is 5.23. The SMILES string of the molecule is CC(C)(C)OC(=O)Nc1ccc(CC(=O)N2CCN(c3ccc(Cl)nn3)CC2)cc1. The van der Waals surface area contributed by atoms with E-state index in [0.29, 0.717) is 43.4 Å². The van der Waals surface area contributed by atoms with Crippen LogP contribution >= 0.6 is 11.6 Å². The van der Waals surface area contributed by atoms with Crippen molar-refractivity contribution in [1.29, 1.82) is 0 Å². The first-order valence-corrected chi connectivity index (χ1v) is 10.2. The maximum atomic E-state index is 12.6. The van der Waals surface area contributed by atoms with Crippen molar-refractivity contribution >= 4 is 35.1 Å². The van der Waals surface area contributed by atoms with Gasteiger partial charge in [-0.2, -0.15) is 0 Å². The van der Waals surface area contributed by atoms with Crippen molar-refractivity contribution in [3.05, 3.63) is 47.1 Å². The van der Waals surface area contributed by atoms with Gasteiger partial charge in [0.2, 0.25) is 5.91 Å². The Balaban J connectivity index is 1.48. The molecule has 1 fully saturated rings. The highest BCUT2D eigenvalue weighted by atomic mass is 35.5. The minimum atomic E-state index is -0.555. The van der Waals surface area contributed by atoms with Gasteiger partial charge in [-0.15, -0.1) is 10.2 Å². The van der Waals surface area contributed by atoms with E-state index < -0.39 is 11.7 Å². The molecule has 1 aromatic carbocycles. The largest absolute Gasteiger partial charge is 0.444 e. The van der Waals surface area contributed by atoms with Crippen molar-refractivity contribution in [1.82, 2.24) is 15.1 Å². The molecular formula is C21H26ClN5O3. The van der Waals surface area contributed by atoms with Crippen LogP contribution in [0.4, 0.5) is 16.3 Å². The summed E-state index contributed by atoms with van der Waals surface area (Å²) in [5.74, 6) is 0.837. The van der Waals surface area contributed by atoms with E-state index in [9.17, 15) is 9.59 Å². The summed E-state index contributed by atoms with van der Waals surface area (Å²) in [7, 11) is 0. The van der Waals surface area contributed by atoms with Crippen LogP contribution in [0.15, 0.2) is 36.4 Å². The van der Waals surface area contributed by atoms with E-state index in [4.69, 9.17) is 16.3 Å². The normalized spacial score (nSPS) is 14.4. The van der Waals surface area contributed by atoms with Crippen molar-refractivity contribution in [2.24, 2.45) is 0 Å². The van der Waals surface area contributed by atoms with Gasteiger partial charge in [0, 0.05) is 31.9 Å². The lowest BCUT2D eigenvalue weighted by Gasteiger charge is -2.35. The molecule has 2 aromatic rings. The Labute approximate surface area is 181 Å². The number of benzene rings is 1.